The van der Waals surface area contributed by atoms with E-state index in [1.807, 2.05) is 31.6 Å². The second-order valence-electron chi connectivity index (χ2n) is 10.0. The van der Waals surface area contributed by atoms with E-state index in [1.54, 1.807) is 0 Å². The Morgan fingerprint density at radius 1 is 1.28 bits per heavy atom. The van der Waals surface area contributed by atoms with Crippen molar-refractivity contribution in [1.82, 2.24) is 20.3 Å². The summed E-state index contributed by atoms with van der Waals surface area (Å²) in [5.41, 5.74) is 0.838. The summed E-state index contributed by atoms with van der Waals surface area (Å²) in [6.07, 6.45) is 7.28. The van der Waals surface area contributed by atoms with Crippen LogP contribution in [0.5, 0.6) is 0 Å². The number of hydrogen-bond acceptors (Lipinski definition) is 5. The molecule has 2 rings (SSSR count). The molecule has 1 fully saturated rings. The molecule has 0 radical (unpaired) electrons. The first-order valence-electron chi connectivity index (χ1n) is 10.5. The first-order chi connectivity index (χ1) is 13.3. The van der Waals surface area contributed by atoms with E-state index in [-0.39, 0.29) is 23.6 Å². The summed E-state index contributed by atoms with van der Waals surface area (Å²) < 4.78 is 7.75. The molecular formula is C20H37N4O3PS. The number of carbonyl (C=O) groups is 1. The molecule has 1 aliphatic rings. The lowest BCUT2D eigenvalue weighted by Crippen LogP contribution is -2.39. The fourth-order valence-corrected chi connectivity index (χ4v) is 4.44. The van der Waals surface area contributed by atoms with E-state index < -0.39 is 11.6 Å². The fraction of sp³-hybridized carbons (Fsp3) is 0.850. The van der Waals surface area contributed by atoms with Gasteiger partial charge >= 0.3 is 0 Å². The first-order valence-corrected chi connectivity index (χ1v) is 13.2. The lowest BCUT2D eigenvalue weighted by molar-refractivity contribution is -0.122. The molecule has 166 valence electrons. The second-order valence-corrected chi connectivity index (χ2v) is 14.1. The molecule has 1 amide bonds. The Hall–Kier alpha value is -0.820. The van der Waals surface area contributed by atoms with E-state index >= 15 is 0 Å². The summed E-state index contributed by atoms with van der Waals surface area (Å²) in [6.45, 7) is 9.19. The van der Waals surface area contributed by atoms with Crippen molar-refractivity contribution in [3.63, 3.8) is 0 Å². The van der Waals surface area contributed by atoms with Gasteiger partial charge in [-0.25, -0.2) is 4.68 Å². The minimum Gasteiger partial charge on any atom is -0.353 e. The van der Waals surface area contributed by atoms with E-state index in [1.165, 1.54) is 0 Å². The summed E-state index contributed by atoms with van der Waals surface area (Å²) in [5, 5.41) is 11.1. The zero-order valence-electron chi connectivity index (χ0n) is 18.6. The molecule has 1 aliphatic carbocycles. The molecule has 9 heteroatoms. The predicted molar refractivity (Wildman–Crippen MR) is 119 cm³/mol. The van der Waals surface area contributed by atoms with E-state index in [9.17, 15) is 9.69 Å². The molecule has 1 aromatic rings. The zero-order chi connectivity index (χ0) is 21.9. The maximum atomic E-state index is 12.3. The highest BCUT2D eigenvalue weighted by molar-refractivity contribution is 8.10. The van der Waals surface area contributed by atoms with Gasteiger partial charge in [0.05, 0.1) is 17.3 Å². The number of rotatable bonds is 7. The quantitative estimate of drug-likeness (QED) is 0.620. The first kappa shape index (κ1) is 24.4. The lowest BCUT2D eigenvalue weighted by atomic mass is 9.93. The number of carbonyl (C=O) groups excluding carboxylic acids is 1. The Morgan fingerprint density at radius 3 is 2.41 bits per heavy atom. The highest BCUT2D eigenvalue weighted by Gasteiger charge is 2.35. The van der Waals surface area contributed by atoms with E-state index in [2.05, 4.69) is 36.4 Å². The molecule has 0 bridgehead atoms. The van der Waals surface area contributed by atoms with Gasteiger partial charge in [-0.2, -0.15) is 0 Å². The summed E-state index contributed by atoms with van der Waals surface area (Å²) in [7, 11) is 0. The van der Waals surface area contributed by atoms with Crippen molar-refractivity contribution in [3.8, 4) is 0 Å². The molecule has 0 saturated heterocycles. The van der Waals surface area contributed by atoms with Crippen molar-refractivity contribution in [2.75, 3.05) is 0 Å². The maximum absolute atomic E-state index is 12.3. The Bertz CT molecular complexity index is 731. The Balaban J connectivity index is 1.68. The molecule has 1 unspecified atom stereocenters. The van der Waals surface area contributed by atoms with Crippen molar-refractivity contribution in [3.05, 3.63) is 11.9 Å². The molecule has 0 aromatic carbocycles. The SMILES string of the molecule is CC(C)(C)n1cc(CCCC(=O)NC2CCC(OP(O)(=S)C(C)(C)C)CC2)nn1. The molecular weight excluding hydrogens is 407 g/mol. The third kappa shape index (κ3) is 7.42. The van der Waals surface area contributed by atoms with Gasteiger partial charge in [-0.15, -0.1) is 5.10 Å². The van der Waals surface area contributed by atoms with Crippen LogP contribution in [0, 0.1) is 0 Å². The van der Waals surface area contributed by atoms with Crippen LogP contribution < -0.4 is 5.32 Å². The summed E-state index contributed by atoms with van der Waals surface area (Å²) in [6, 6.07) is 0.176. The highest BCUT2D eigenvalue weighted by Crippen LogP contribution is 2.57. The van der Waals surface area contributed by atoms with Gasteiger partial charge in [0.2, 0.25) is 5.91 Å². The van der Waals surface area contributed by atoms with Gasteiger partial charge < -0.3 is 14.7 Å². The van der Waals surface area contributed by atoms with Crippen LogP contribution in [0.3, 0.4) is 0 Å². The van der Waals surface area contributed by atoms with E-state index in [0.29, 0.717) is 6.42 Å². The maximum Gasteiger partial charge on any atom is 0.220 e. The minimum atomic E-state index is -2.81. The smallest absolute Gasteiger partial charge is 0.220 e. The van der Waals surface area contributed by atoms with Crippen LogP contribution in [-0.2, 0) is 33.1 Å². The molecule has 1 atom stereocenters. The van der Waals surface area contributed by atoms with Crippen molar-refractivity contribution in [1.29, 1.82) is 0 Å². The van der Waals surface area contributed by atoms with E-state index in [0.717, 1.165) is 44.2 Å². The van der Waals surface area contributed by atoms with E-state index in [4.69, 9.17) is 16.3 Å². The lowest BCUT2D eigenvalue weighted by Gasteiger charge is -2.36. The third-order valence-corrected chi connectivity index (χ3v) is 9.42. The molecule has 1 heterocycles. The molecule has 0 spiro atoms. The van der Waals surface area contributed by atoms with Crippen LogP contribution in [0.15, 0.2) is 6.20 Å². The number of nitrogens with zero attached hydrogens (tertiary/aromatic N) is 3. The van der Waals surface area contributed by atoms with Crippen molar-refractivity contribution in [2.24, 2.45) is 0 Å². The van der Waals surface area contributed by atoms with Crippen LogP contribution in [0.25, 0.3) is 0 Å². The molecule has 29 heavy (non-hydrogen) atoms. The number of amides is 1. The largest absolute Gasteiger partial charge is 0.353 e. The van der Waals surface area contributed by atoms with Gasteiger partial charge in [0.15, 0.2) is 6.49 Å². The Morgan fingerprint density at radius 2 is 1.90 bits per heavy atom. The number of hydrogen-bond donors (Lipinski definition) is 2. The van der Waals surface area contributed by atoms with Crippen molar-refractivity contribution >= 4 is 24.2 Å². The minimum absolute atomic E-state index is 0.0105. The summed E-state index contributed by atoms with van der Waals surface area (Å²) >= 11 is 5.33. The Kier molecular flexibility index (Phi) is 8.05. The van der Waals surface area contributed by atoms with Gasteiger partial charge in [0.1, 0.15) is 0 Å². The van der Waals surface area contributed by atoms with Gasteiger partial charge in [0, 0.05) is 23.8 Å². The Labute approximate surface area is 180 Å². The van der Waals surface area contributed by atoms with Crippen LogP contribution in [0.2, 0.25) is 0 Å². The van der Waals surface area contributed by atoms with Crippen LogP contribution >= 0.6 is 6.49 Å². The average Bonchev–Trinajstić information content (AvgIpc) is 3.04. The standard InChI is InChI=1S/C20H37N4O3PS/c1-19(2,3)24-14-16(22-23-24)8-7-9-18(25)21-15-10-12-17(13-11-15)27-28(26,29)20(4,5)6/h14-15,17H,7-13H2,1-6H3,(H,21,25)(H,26,29). The van der Waals surface area contributed by atoms with Crippen LogP contribution in [0.4, 0.5) is 0 Å². The second kappa shape index (κ2) is 9.54. The summed E-state index contributed by atoms with van der Waals surface area (Å²) in [4.78, 5) is 22.7. The average molecular weight is 445 g/mol. The third-order valence-electron chi connectivity index (χ3n) is 5.24. The van der Waals surface area contributed by atoms with Crippen molar-refractivity contribution < 1.29 is 14.2 Å². The van der Waals surface area contributed by atoms with Crippen LogP contribution in [-0.4, -0.2) is 43.1 Å². The molecule has 1 aromatic heterocycles. The van der Waals surface area contributed by atoms with Crippen LogP contribution in [0.1, 0.15) is 85.8 Å². The fourth-order valence-electron chi connectivity index (χ4n) is 3.14. The highest BCUT2D eigenvalue weighted by atomic mass is 32.5. The molecule has 2 N–H and O–H groups in total. The van der Waals surface area contributed by atoms with Gasteiger partial charge in [0.25, 0.3) is 0 Å². The predicted octanol–water partition coefficient (Wildman–Crippen LogP) is 3.90. The number of aryl methyl sites for hydroxylation is 1. The molecule has 1 saturated carbocycles. The van der Waals surface area contributed by atoms with Crippen molar-refractivity contribution in [2.45, 2.75) is 109 Å². The van der Waals surface area contributed by atoms with Gasteiger partial charge in [-0.3, -0.25) is 4.79 Å². The number of aromatic nitrogens is 3. The monoisotopic (exact) mass is 444 g/mol. The van der Waals surface area contributed by atoms with Gasteiger partial charge in [-0.1, -0.05) is 26.0 Å². The normalized spacial score (nSPS) is 22.9. The number of nitrogens with one attached hydrogen (secondary N) is 1. The molecule has 7 nitrogen and oxygen atoms in total. The molecule has 0 aliphatic heterocycles. The topological polar surface area (TPSA) is 89.3 Å². The zero-order valence-corrected chi connectivity index (χ0v) is 20.4. The summed E-state index contributed by atoms with van der Waals surface area (Å²) in [5.74, 6) is 0.0829. The van der Waals surface area contributed by atoms with Gasteiger partial charge in [-0.05, 0) is 71.1 Å².